The molecule has 3 aromatic rings. The summed E-state index contributed by atoms with van der Waals surface area (Å²) >= 11 is 0. The first-order chi connectivity index (χ1) is 11.8. The highest BCUT2D eigenvalue weighted by molar-refractivity contribution is 5.53. The Balaban J connectivity index is 1.50. The number of rotatable bonds is 4. The lowest BCUT2D eigenvalue weighted by Gasteiger charge is -2.22. The van der Waals surface area contributed by atoms with Gasteiger partial charge in [-0.05, 0) is 49.2 Å². The third-order valence-corrected chi connectivity index (χ3v) is 4.46. The summed E-state index contributed by atoms with van der Waals surface area (Å²) in [6, 6.07) is 17.0. The van der Waals surface area contributed by atoms with Crippen molar-refractivity contribution in [3.05, 3.63) is 71.9 Å². The van der Waals surface area contributed by atoms with Crippen LogP contribution in [0.2, 0.25) is 0 Å². The molecule has 0 N–H and O–H groups in total. The Kier molecular flexibility index (Phi) is 4.09. The van der Waals surface area contributed by atoms with Crippen molar-refractivity contribution in [2.24, 2.45) is 0 Å². The average molecular weight is 323 g/mol. The van der Waals surface area contributed by atoms with Crippen molar-refractivity contribution >= 4 is 0 Å². The third-order valence-electron chi connectivity index (χ3n) is 4.46. The van der Waals surface area contributed by atoms with Crippen molar-refractivity contribution in [3.8, 4) is 11.4 Å². The van der Waals surface area contributed by atoms with Crippen LogP contribution in [0.5, 0.6) is 0 Å². The predicted octanol–water partition coefficient (Wildman–Crippen LogP) is 4.21. The number of hydrogen-bond donors (Lipinski definition) is 0. The van der Waals surface area contributed by atoms with Crippen LogP contribution in [0.4, 0.5) is 4.39 Å². The minimum Gasteiger partial charge on any atom is -0.338 e. The first-order valence-corrected chi connectivity index (χ1v) is 8.17. The number of nitrogens with zero attached hydrogens (tertiary/aromatic N) is 3. The van der Waals surface area contributed by atoms with Crippen LogP contribution >= 0.6 is 0 Å². The van der Waals surface area contributed by atoms with Crippen molar-refractivity contribution < 1.29 is 8.91 Å². The fraction of sp³-hybridized carbons (Fsp3) is 0.263. The van der Waals surface area contributed by atoms with Gasteiger partial charge in [-0.25, -0.2) is 4.39 Å². The molecule has 0 saturated carbocycles. The van der Waals surface area contributed by atoms with Crippen molar-refractivity contribution in [1.29, 1.82) is 0 Å². The molecule has 4 nitrogen and oxygen atoms in total. The topological polar surface area (TPSA) is 42.2 Å². The number of halogens is 1. The summed E-state index contributed by atoms with van der Waals surface area (Å²) in [7, 11) is 0. The molecule has 1 saturated heterocycles. The summed E-state index contributed by atoms with van der Waals surface area (Å²) in [6.07, 6.45) is 2.31. The van der Waals surface area contributed by atoms with Gasteiger partial charge in [-0.1, -0.05) is 35.5 Å². The van der Waals surface area contributed by atoms with Gasteiger partial charge in [-0.2, -0.15) is 4.98 Å². The van der Waals surface area contributed by atoms with E-state index >= 15 is 0 Å². The first-order valence-electron chi connectivity index (χ1n) is 8.17. The molecule has 1 aliphatic rings. The lowest BCUT2D eigenvalue weighted by molar-refractivity contribution is 0.212. The summed E-state index contributed by atoms with van der Waals surface area (Å²) in [6.45, 7) is 1.65. The maximum Gasteiger partial charge on any atom is 0.241 e. The summed E-state index contributed by atoms with van der Waals surface area (Å²) < 4.78 is 18.4. The Morgan fingerprint density at radius 2 is 1.88 bits per heavy atom. The van der Waals surface area contributed by atoms with Gasteiger partial charge in [0.1, 0.15) is 5.82 Å². The Morgan fingerprint density at radius 1 is 1.08 bits per heavy atom. The van der Waals surface area contributed by atoms with Gasteiger partial charge >= 0.3 is 0 Å². The van der Waals surface area contributed by atoms with Crippen LogP contribution in [-0.2, 0) is 6.54 Å². The van der Waals surface area contributed by atoms with Crippen LogP contribution in [0.25, 0.3) is 11.4 Å². The molecule has 1 aromatic heterocycles. The lowest BCUT2D eigenvalue weighted by Crippen LogP contribution is -2.22. The molecule has 1 aliphatic heterocycles. The van der Waals surface area contributed by atoms with Gasteiger partial charge in [-0.3, -0.25) is 4.90 Å². The number of hydrogen-bond acceptors (Lipinski definition) is 4. The molecule has 0 aliphatic carbocycles. The third kappa shape index (κ3) is 3.08. The maximum atomic E-state index is 13.0. The summed E-state index contributed by atoms with van der Waals surface area (Å²) in [5.74, 6) is 0.822. The highest BCUT2D eigenvalue weighted by Gasteiger charge is 2.27. The molecule has 122 valence electrons. The van der Waals surface area contributed by atoms with Crippen LogP contribution in [0.3, 0.4) is 0 Å². The summed E-state index contributed by atoms with van der Waals surface area (Å²) in [5, 5.41) is 4.02. The van der Waals surface area contributed by atoms with E-state index in [1.54, 1.807) is 12.1 Å². The second kappa shape index (κ2) is 6.53. The van der Waals surface area contributed by atoms with E-state index in [1.165, 1.54) is 24.1 Å². The van der Waals surface area contributed by atoms with Gasteiger partial charge in [0.05, 0.1) is 6.54 Å². The maximum absolute atomic E-state index is 13.0. The van der Waals surface area contributed by atoms with E-state index in [2.05, 4.69) is 39.3 Å². The predicted molar refractivity (Wildman–Crippen MR) is 88.5 cm³/mol. The van der Waals surface area contributed by atoms with Gasteiger partial charge in [0, 0.05) is 11.6 Å². The second-order valence-electron chi connectivity index (χ2n) is 6.06. The molecule has 2 heterocycles. The highest BCUT2D eigenvalue weighted by atomic mass is 19.1. The molecule has 5 heteroatoms. The highest BCUT2D eigenvalue weighted by Crippen LogP contribution is 2.32. The SMILES string of the molecule is Fc1ccc(-c2noc(CN3CCCC3c3ccccc3)n2)cc1. The second-order valence-corrected chi connectivity index (χ2v) is 6.06. The van der Waals surface area contributed by atoms with Gasteiger partial charge in [-0.15, -0.1) is 0 Å². The molecular weight excluding hydrogens is 305 g/mol. The monoisotopic (exact) mass is 323 g/mol. The zero-order chi connectivity index (χ0) is 16.4. The van der Waals surface area contributed by atoms with Crippen LogP contribution in [0.15, 0.2) is 59.1 Å². The molecule has 0 spiro atoms. The molecule has 1 unspecified atom stereocenters. The van der Waals surface area contributed by atoms with Gasteiger partial charge in [0.25, 0.3) is 0 Å². The Morgan fingerprint density at radius 3 is 2.67 bits per heavy atom. The Labute approximate surface area is 139 Å². The zero-order valence-electron chi connectivity index (χ0n) is 13.2. The summed E-state index contributed by atoms with van der Waals surface area (Å²) in [5.41, 5.74) is 2.08. The Bertz CT molecular complexity index is 801. The van der Waals surface area contributed by atoms with Gasteiger partial charge in [0.15, 0.2) is 0 Å². The van der Waals surface area contributed by atoms with Crippen molar-refractivity contribution in [3.63, 3.8) is 0 Å². The first kappa shape index (κ1) is 15.0. The van der Waals surface area contributed by atoms with Gasteiger partial charge < -0.3 is 4.52 Å². The average Bonchev–Trinajstić information content (AvgIpc) is 3.26. The fourth-order valence-corrected chi connectivity index (χ4v) is 3.28. The molecule has 24 heavy (non-hydrogen) atoms. The van der Waals surface area contributed by atoms with Gasteiger partial charge in [0.2, 0.25) is 11.7 Å². The standard InChI is InChI=1S/C19H18FN3O/c20-16-10-8-15(9-11-16)19-21-18(24-22-19)13-23-12-4-7-17(23)14-5-2-1-3-6-14/h1-3,5-6,8-11,17H,4,7,12-13H2. The lowest BCUT2D eigenvalue weighted by atomic mass is 10.0. The molecule has 0 radical (unpaired) electrons. The van der Waals surface area contributed by atoms with E-state index in [4.69, 9.17) is 4.52 Å². The van der Waals surface area contributed by atoms with Crippen molar-refractivity contribution in [1.82, 2.24) is 15.0 Å². The molecular formula is C19H18FN3O. The van der Waals surface area contributed by atoms with Crippen molar-refractivity contribution in [2.75, 3.05) is 6.54 Å². The fourth-order valence-electron chi connectivity index (χ4n) is 3.28. The van der Waals surface area contributed by atoms with E-state index in [1.807, 2.05) is 6.07 Å². The summed E-state index contributed by atoms with van der Waals surface area (Å²) in [4.78, 5) is 6.83. The van der Waals surface area contributed by atoms with Crippen LogP contribution in [0, 0.1) is 5.82 Å². The smallest absolute Gasteiger partial charge is 0.241 e. The minimum atomic E-state index is -0.273. The van der Waals surface area contributed by atoms with E-state index in [0.29, 0.717) is 24.3 Å². The normalized spacial score (nSPS) is 18.1. The van der Waals surface area contributed by atoms with Crippen LogP contribution in [0.1, 0.15) is 30.3 Å². The van der Waals surface area contributed by atoms with E-state index in [9.17, 15) is 4.39 Å². The molecule has 1 atom stereocenters. The molecule has 1 fully saturated rings. The quantitative estimate of drug-likeness (QED) is 0.721. The molecule has 0 amide bonds. The minimum absolute atomic E-state index is 0.273. The molecule has 0 bridgehead atoms. The largest absolute Gasteiger partial charge is 0.338 e. The number of likely N-dealkylation sites (tertiary alicyclic amines) is 1. The van der Waals surface area contributed by atoms with Crippen molar-refractivity contribution in [2.45, 2.75) is 25.4 Å². The number of aromatic nitrogens is 2. The number of benzene rings is 2. The van der Waals surface area contributed by atoms with Crippen LogP contribution < -0.4 is 0 Å². The molecule has 4 rings (SSSR count). The Hall–Kier alpha value is -2.53. The van der Waals surface area contributed by atoms with Crippen LogP contribution in [-0.4, -0.2) is 21.6 Å². The van der Waals surface area contributed by atoms with E-state index in [-0.39, 0.29) is 5.82 Å². The van der Waals surface area contributed by atoms with E-state index in [0.717, 1.165) is 18.5 Å². The zero-order valence-corrected chi connectivity index (χ0v) is 13.2. The van der Waals surface area contributed by atoms with E-state index < -0.39 is 0 Å². The molecule has 2 aromatic carbocycles.